The van der Waals surface area contributed by atoms with Gasteiger partial charge < -0.3 is 29.9 Å². The van der Waals surface area contributed by atoms with Gasteiger partial charge in [-0.2, -0.15) is 10.1 Å². The number of nitrogens with one attached hydrogen (secondary N) is 2. The molecule has 1 aliphatic carbocycles. The van der Waals surface area contributed by atoms with Gasteiger partial charge in [0, 0.05) is 30.7 Å². The van der Waals surface area contributed by atoms with Crippen LogP contribution in [0.4, 0.5) is 10.6 Å². The van der Waals surface area contributed by atoms with Gasteiger partial charge >= 0.3 is 6.09 Å². The second-order valence-corrected chi connectivity index (χ2v) is 13.6. The lowest BCUT2D eigenvalue weighted by Crippen LogP contribution is -2.35. The number of likely N-dealkylation sites (tertiary alicyclic amines) is 1. The van der Waals surface area contributed by atoms with E-state index in [1.807, 2.05) is 67.9 Å². The van der Waals surface area contributed by atoms with Crippen LogP contribution in [0, 0.1) is 0 Å². The van der Waals surface area contributed by atoms with Gasteiger partial charge in [-0.3, -0.25) is 4.79 Å². The second-order valence-electron chi connectivity index (χ2n) is 13.6. The minimum absolute atomic E-state index is 0.0300. The minimum atomic E-state index is -0.923. The first-order valence-corrected chi connectivity index (χ1v) is 16.0. The van der Waals surface area contributed by atoms with Gasteiger partial charge in [0.05, 0.1) is 24.6 Å². The van der Waals surface area contributed by atoms with Crippen molar-refractivity contribution >= 4 is 28.9 Å². The van der Waals surface area contributed by atoms with E-state index in [-0.39, 0.29) is 23.2 Å². The zero-order valence-electron chi connectivity index (χ0n) is 27.4. The fourth-order valence-corrected chi connectivity index (χ4v) is 6.17. The number of anilines is 1. The summed E-state index contributed by atoms with van der Waals surface area (Å²) in [4.78, 5) is 35.2. The minimum Gasteiger partial charge on any atom is -0.497 e. The lowest BCUT2D eigenvalue weighted by Gasteiger charge is -2.18. The predicted octanol–water partition coefficient (Wildman–Crippen LogP) is 5.42. The van der Waals surface area contributed by atoms with Crippen molar-refractivity contribution in [2.75, 3.05) is 25.5 Å². The Morgan fingerprint density at radius 2 is 1.83 bits per heavy atom. The normalized spacial score (nSPS) is 17.0. The molecule has 0 spiro atoms. The zero-order valence-corrected chi connectivity index (χ0v) is 27.4. The van der Waals surface area contributed by atoms with Crippen molar-refractivity contribution in [3.63, 3.8) is 0 Å². The SMILES string of the molecule is COc1ccc(Cn2nc(N[C@@H]3CCN(C(=O)O)C3)c3c(-c4ccc(C5(NC(=O)c6noc(C(C)(C)C)n6)CC5)cc4)ccnc32)cc1. The van der Waals surface area contributed by atoms with Crippen LogP contribution < -0.4 is 15.4 Å². The number of nitrogens with zero attached hydrogens (tertiary/aromatic N) is 6. The Bertz CT molecular complexity index is 1970. The maximum atomic E-state index is 13.1. The number of carbonyl (C=O) groups excluding carboxylic acids is 1. The van der Waals surface area contributed by atoms with Gasteiger partial charge in [0.2, 0.25) is 5.89 Å². The average Bonchev–Trinajstić information content (AvgIpc) is 3.41. The summed E-state index contributed by atoms with van der Waals surface area (Å²) >= 11 is 0. The molecule has 13 nitrogen and oxygen atoms in total. The third kappa shape index (κ3) is 6.03. The smallest absolute Gasteiger partial charge is 0.407 e. The van der Waals surface area contributed by atoms with Crippen LogP contribution in [0.15, 0.2) is 65.3 Å². The molecular formula is C35H38N8O5. The summed E-state index contributed by atoms with van der Waals surface area (Å²) in [6.45, 7) is 7.19. The summed E-state index contributed by atoms with van der Waals surface area (Å²) in [7, 11) is 1.64. The van der Waals surface area contributed by atoms with E-state index >= 15 is 0 Å². The molecule has 5 aromatic rings. The van der Waals surface area contributed by atoms with Gasteiger partial charge in [0.15, 0.2) is 11.5 Å². The van der Waals surface area contributed by atoms with Gasteiger partial charge in [0.1, 0.15) is 5.75 Å². The van der Waals surface area contributed by atoms with E-state index in [1.54, 1.807) is 13.3 Å². The monoisotopic (exact) mass is 650 g/mol. The van der Waals surface area contributed by atoms with Crippen LogP contribution in [0.5, 0.6) is 5.75 Å². The van der Waals surface area contributed by atoms with E-state index in [4.69, 9.17) is 19.3 Å². The second kappa shape index (κ2) is 12.0. The Balaban J connectivity index is 1.18. The van der Waals surface area contributed by atoms with E-state index in [0.29, 0.717) is 43.4 Å². The molecule has 2 aliphatic rings. The standard InChI is InChI=1S/C35H38N8O5/c1-34(2,3)32-38-29(41-48-32)31(44)39-35(15-16-35)23-9-7-22(8-10-23)26-13-17-36-30-27(26)28(37-24-14-18-42(20-24)33(45)46)40-43(30)19-21-5-11-25(47-4)12-6-21/h5-13,17,24H,14-16,18-20H2,1-4H3,(H,37,40)(H,39,44)(H,45,46)/t24-/m1/s1. The molecule has 13 heteroatoms. The van der Waals surface area contributed by atoms with Crippen molar-refractivity contribution in [1.29, 1.82) is 0 Å². The number of amides is 2. The Hall–Kier alpha value is -5.46. The summed E-state index contributed by atoms with van der Waals surface area (Å²) in [6.07, 6.45) is 3.15. The summed E-state index contributed by atoms with van der Waals surface area (Å²) < 4.78 is 12.5. The number of pyridine rings is 1. The highest BCUT2D eigenvalue weighted by Crippen LogP contribution is 2.46. The quantitative estimate of drug-likeness (QED) is 0.188. The molecule has 1 saturated heterocycles. The summed E-state index contributed by atoms with van der Waals surface area (Å²) in [5.74, 6) is 1.52. The van der Waals surface area contributed by atoms with Crippen LogP contribution in [0.2, 0.25) is 0 Å². The van der Waals surface area contributed by atoms with Crippen molar-refractivity contribution in [1.82, 2.24) is 35.1 Å². The highest BCUT2D eigenvalue weighted by molar-refractivity contribution is 6.01. The Morgan fingerprint density at radius 3 is 2.46 bits per heavy atom. The molecule has 2 aromatic carbocycles. The van der Waals surface area contributed by atoms with E-state index < -0.39 is 11.6 Å². The van der Waals surface area contributed by atoms with Crippen molar-refractivity contribution in [2.45, 2.75) is 63.6 Å². The molecule has 1 saturated carbocycles. The van der Waals surface area contributed by atoms with Crippen LogP contribution in [0.1, 0.15) is 67.7 Å². The van der Waals surface area contributed by atoms with Crippen molar-refractivity contribution in [3.05, 3.63) is 83.6 Å². The first kappa shape index (κ1) is 31.2. The van der Waals surface area contributed by atoms with Gasteiger partial charge in [-0.15, -0.1) is 0 Å². The van der Waals surface area contributed by atoms with Crippen LogP contribution >= 0.6 is 0 Å². The molecule has 0 unspecified atom stereocenters. The van der Waals surface area contributed by atoms with Gasteiger partial charge in [-0.1, -0.05) is 62.3 Å². The Morgan fingerprint density at radius 1 is 1.08 bits per heavy atom. The van der Waals surface area contributed by atoms with Gasteiger partial charge in [-0.05, 0) is 59.7 Å². The van der Waals surface area contributed by atoms with E-state index in [2.05, 4.69) is 32.9 Å². The molecule has 248 valence electrons. The number of rotatable bonds is 9. The first-order valence-electron chi connectivity index (χ1n) is 16.0. The van der Waals surface area contributed by atoms with Crippen molar-refractivity contribution in [3.8, 4) is 16.9 Å². The van der Waals surface area contributed by atoms with E-state index in [0.717, 1.165) is 46.2 Å². The number of methoxy groups -OCH3 is 1. The topological polar surface area (TPSA) is 161 Å². The van der Waals surface area contributed by atoms with Crippen LogP contribution in [0.3, 0.4) is 0 Å². The number of fused-ring (bicyclic) bond motifs is 1. The van der Waals surface area contributed by atoms with Crippen LogP contribution in [0.25, 0.3) is 22.2 Å². The van der Waals surface area contributed by atoms with Gasteiger partial charge in [-0.25, -0.2) is 14.5 Å². The predicted molar refractivity (Wildman–Crippen MR) is 178 cm³/mol. The maximum absolute atomic E-state index is 13.1. The molecule has 0 radical (unpaired) electrons. The number of carboxylic acid groups (broad SMARTS) is 1. The van der Waals surface area contributed by atoms with Crippen LogP contribution in [-0.4, -0.2) is 73.2 Å². The fourth-order valence-electron chi connectivity index (χ4n) is 6.17. The highest BCUT2D eigenvalue weighted by atomic mass is 16.5. The largest absolute Gasteiger partial charge is 0.497 e. The summed E-state index contributed by atoms with van der Waals surface area (Å²) in [6, 6.07) is 17.9. The number of carbonyl (C=O) groups is 2. The molecule has 4 heterocycles. The molecule has 3 aromatic heterocycles. The number of benzene rings is 2. The molecule has 2 fully saturated rings. The molecule has 1 aliphatic heterocycles. The first-order chi connectivity index (χ1) is 23.0. The third-order valence-electron chi connectivity index (χ3n) is 9.05. The molecule has 48 heavy (non-hydrogen) atoms. The summed E-state index contributed by atoms with van der Waals surface area (Å²) in [5, 5.41) is 25.9. The average molecular weight is 651 g/mol. The van der Waals surface area contributed by atoms with E-state index in [9.17, 15) is 14.7 Å². The number of aromatic nitrogens is 5. The number of hydrogen-bond acceptors (Lipinski definition) is 9. The number of ether oxygens (including phenoxy) is 1. The van der Waals surface area contributed by atoms with E-state index in [1.165, 1.54) is 4.90 Å². The molecule has 2 amide bonds. The molecule has 0 bridgehead atoms. The lowest BCUT2D eigenvalue weighted by molar-refractivity contribution is 0.0917. The van der Waals surface area contributed by atoms with Crippen molar-refractivity contribution in [2.24, 2.45) is 0 Å². The van der Waals surface area contributed by atoms with Crippen molar-refractivity contribution < 1.29 is 24.0 Å². The fraction of sp³-hybridized carbons (Fsp3) is 0.371. The number of hydrogen-bond donors (Lipinski definition) is 3. The Labute approximate surface area is 277 Å². The maximum Gasteiger partial charge on any atom is 0.407 e. The zero-order chi connectivity index (χ0) is 33.6. The summed E-state index contributed by atoms with van der Waals surface area (Å²) in [5.41, 5.74) is 3.81. The lowest BCUT2D eigenvalue weighted by atomic mass is 9.97. The molecule has 7 rings (SSSR count). The Kier molecular flexibility index (Phi) is 7.77. The van der Waals surface area contributed by atoms with Crippen LogP contribution in [-0.2, 0) is 17.5 Å². The highest BCUT2D eigenvalue weighted by Gasteiger charge is 2.46. The third-order valence-corrected chi connectivity index (χ3v) is 9.05. The molecular weight excluding hydrogens is 612 g/mol. The van der Waals surface area contributed by atoms with Gasteiger partial charge in [0.25, 0.3) is 11.7 Å². The molecule has 1 atom stereocenters. The molecule has 3 N–H and O–H groups in total.